The summed E-state index contributed by atoms with van der Waals surface area (Å²) in [7, 11) is -6.67. The van der Waals surface area contributed by atoms with Gasteiger partial charge < -0.3 is 21.1 Å². The molecular formula is C44H50IN7O8S3. The van der Waals surface area contributed by atoms with Crippen LogP contribution in [0.4, 0.5) is 0 Å². The average Bonchev–Trinajstić information content (AvgIpc) is 3.79. The number of Topliss-reactive ketones (excluding diaryl/α,β-unsaturated/α-hetero) is 1. The minimum Gasteiger partial charge on any atom is -0.496 e. The maximum absolute atomic E-state index is 14.3. The van der Waals surface area contributed by atoms with E-state index < -0.39 is 55.8 Å². The summed E-state index contributed by atoms with van der Waals surface area (Å²) in [5.74, 6) is -2.10. The number of thiazole rings is 1. The highest BCUT2D eigenvalue weighted by molar-refractivity contribution is 14.1. The Morgan fingerprint density at radius 1 is 0.810 bits per heavy atom. The molecule has 1 aromatic heterocycles. The van der Waals surface area contributed by atoms with E-state index in [2.05, 4.69) is 52.6 Å². The number of benzene rings is 4. The number of ketones is 1. The van der Waals surface area contributed by atoms with Crippen LogP contribution in [0.5, 0.6) is 5.75 Å². The van der Waals surface area contributed by atoms with Crippen LogP contribution in [-0.4, -0.2) is 77.2 Å². The summed E-state index contributed by atoms with van der Waals surface area (Å²) in [5, 5.41) is 7.37. The van der Waals surface area contributed by atoms with Crippen molar-refractivity contribution in [3.05, 3.63) is 145 Å². The van der Waals surface area contributed by atoms with Gasteiger partial charge in [-0.25, -0.2) is 31.3 Å². The lowest BCUT2D eigenvalue weighted by atomic mass is 10.0. The van der Waals surface area contributed by atoms with Gasteiger partial charge in [-0.05, 0) is 114 Å². The number of rotatable bonds is 21. The van der Waals surface area contributed by atoms with Crippen LogP contribution in [0.25, 0.3) is 0 Å². The third kappa shape index (κ3) is 14.1. The first-order valence-electron chi connectivity index (χ1n) is 19.8. The second-order valence-corrected chi connectivity index (χ2v) is 20.3. The molecule has 0 fully saturated rings. The predicted octanol–water partition coefficient (Wildman–Crippen LogP) is 4.88. The number of halogens is 1. The van der Waals surface area contributed by atoms with Gasteiger partial charge in [-0.3, -0.25) is 19.4 Å². The van der Waals surface area contributed by atoms with E-state index in [0.29, 0.717) is 39.1 Å². The number of methoxy groups -OCH3 is 1. The summed E-state index contributed by atoms with van der Waals surface area (Å²) >= 11 is 3.25. The fourth-order valence-corrected chi connectivity index (χ4v) is 10.6. The number of aryl methyl sites for hydroxylation is 1. The van der Waals surface area contributed by atoms with Crippen molar-refractivity contribution >= 4 is 77.5 Å². The number of hydrogen-bond donors (Lipinski definition) is 5. The molecule has 2 amide bonds. The topological polar surface area (TPSA) is 228 Å². The Hall–Kier alpha value is -5.22. The Bertz CT molecular complexity index is 2620. The molecule has 1 heterocycles. The van der Waals surface area contributed by atoms with E-state index in [0.717, 1.165) is 14.9 Å². The molecule has 19 heteroatoms. The summed E-state index contributed by atoms with van der Waals surface area (Å²) in [6, 6.07) is 22.7. The average molecular weight is 1030 g/mol. The molecule has 0 unspecified atom stereocenters. The van der Waals surface area contributed by atoms with Crippen molar-refractivity contribution in [2.75, 3.05) is 13.7 Å². The third-order valence-electron chi connectivity index (χ3n) is 10.0. The number of aromatic nitrogens is 1. The largest absolute Gasteiger partial charge is 0.496 e. The van der Waals surface area contributed by atoms with Crippen LogP contribution in [0.2, 0.25) is 0 Å². The molecule has 4 aromatic carbocycles. The molecular weight excluding hydrogens is 978 g/mol. The van der Waals surface area contributed by atoms with E-state index in [4.69, 9.17) is 10.5 Å². The van der Waals surface area contributed by atoms with Gasteiger partial charge in [0.2, 0.25) is 33.6 Å². The number of carbonyl (C=O) groups excluding carboxylic acids is 3. The Morgan fingerprint density at radius 3 is 2.02 bits per heavy atom. The van der Waals surface area contributed by atoms with Crippen molar-refractivity contribution in [1.82, 2.24) is 25.1 Å². The van der Waals surface area contributed by atoms with E-state index in [1.54, 1.807) is 92.9 Å². The van der Waals surface area contributed by atoms with E-state index in [1.807, 2.05) is 24.3 Å². The standard InChI is InChI=1S/C44H50IN7O8S3/c1-28-24-38(60-4)29(2)30(3)40(28)63(58,59)52-44(46)48-21-11-16-35(39(53)43-47-22-23-61-43)49-41(54)36(25-32-17-19-34(45)20-18-32)50-42(55)37(26-31-12-7-5-8-13-31)51-62(56,57)27-33-14-9-6-10-15-33/h5-10,12-15,17-20,22-24,35-37,51H,11,16,21,25-27H2,1-4H3,(H,49,54)(H,50,55)(H3,46,48,52)/t35-,36-,37+/m0/s1. The number of nitrogens with zero attached hydrogens (tertiary/aromatic N) is 2. The molecule has 0 bridgehead atoms. The minimum absolute atomic E-state index is 0.00904. The van der Waals surface area contributed by atoms with Gasteiger partial charge in [-0.15, -0.1) is 11.3 Å². The Balaban J connectivity index is 1.35. The molecule has 0 aliphatic rings. The molecule has 0 aliphatic heterocycles. The lowest BCUT2D eigenvalue weighted by Crippen LogP contribution is -2.57. The SMILES string of the molecule is COc1cc(C)c(S(=O)(=O)NC(N)=NCCC[C@H](NC(=O)[C@H](Cc2ccc(I)cc2)NC(=O)[C@@H](Cc2ccccc2)NS(=O)(=O)Cc2ccccc2)C(=O)c2nccs2)c(C)c1C. The molecule has 63 heavy (non-hydrogen) atoms. The van der Waals surface area contributed by atoms with Crippen LogP contribution in [0.1, 0.15) is 56.0 Å². The van der Waals surface area contributed by atoms with Gasteiger partial charge in [-0.2, -0.15) is 0 Å². The zero-order valence-electron chi connectivity index (χ0n) is 35.1. The van der Waals surface area contributed by atoms with E-state index in [-0.39, 0.29) is 53.8 Å². The maximum atomic E-state index is 14.3. The van der Waals surface area contributed by atoms with E-state index in [1.165, 1.54) is 13.3 Å². The fourth-order valence-electron chi connectivity index (χ4n) is 6.83. The molecule has 6 N–H and O–H groups in total. The fraction of sp³-hybridized carbons (Fsp3) is 0.295. The third-order valence-corrected chi connectivity index (χ3v) is 14.5. The summed E-state index contributed by atoms with van der Waals surface area (Å²) in [6.45, 7) is 5.07. The van der Waals surface area contributed by atoms with Gasteiger partial charge in [0.1, 0.15) is 17.8 Å². The van der Waals surface area contributed by atoms with Gasteiger partial charge in [0.05, 0.1) is 23.8 Å². The second kappa shape index (κ2) is 22.4. The molecule has 0 saturated heterocycles. The first-order valence-corrected chi connectivity index (χ1v) is 24.9. The van der Waals surface area contributed by atoms with Crippen molar-refractivity contribution in [1.29, 1.82) is 0 Å². The van der Waals surface area contributed by atoms with Crippen molar-refractivity contribution in [2.45, 2.75) is 75.2 Å². The number of hydrogen-bond acceptors (Lipinski definition) is 11. The zero-order chi connectivity index (χ0) is 45.7. The first kappa shape index (κ1) is 48.8. The van der Waals surface area contributed by atoms with Crippen molar-refractivity contribution in [3.8, 4) is 5.75 Å². The second-order valence-electron chi connectivity index (χ2n) is 14.7. The summed E-state index contributed by atoms with van der Waals surface area (Å²) < 4.78 is 65.0. The van der Waals surface area contributed by atoms with Crippen LogP contribution in [0.3, 0.4) is 0 Å². The minimum atomic E-state index is -4.13. The van der Waals surface area contributed by atoms with Gasteiger partial charge in [0.15, 0.2) is 5.01 Å². The number of amides is 2. The number of aliphatic imine (C=N–C) groups is 1. The highest BCUT2D eigenvalue weighted by atomic mass is 127. The Labute approximate surface area is 386 Å². The Kier molecular flexibility index (Phi) is 17.4. The van der Waals surface area contributed by atoms with Crippen molar-refractivity contribution in [3.63, 3.8) is 0 Å². The monoisotopic (exact) mass is 1030 g/mol. The van der Waals surface area contributed by atoms with Crippen LogP contribution in [0, 0.1) is 24.3 Å². The van der Waals surface area contributed by atoms with Crippen LogP contribution >= 0.6 is 33.9 Å². The number of nitrogens with one attached hydrogen (secondary N) is 4. The predicted molar refractivity (Wildman–Crippen MR) is 253 cm³/mol. The molecule has 334 valence electrons. The summed E-state index contributed by atoms with van der Waals surface area (Å²) in [6.07, 6.45) is 1.69. The number of sulfonamides is 2. The van der Waals surface area contributed by atoms with Gasteiger partial charge >= 0.3 is 0 Å². The van der Waals surface area contributed by atoms with Crippen LogP contribution in [-0.2, 0) is 48.2 Å². The Morgan fingerprint density at radius 2 is 1.40 bits per heavy atom. The number of nitrogens with two attached hydrogens (primary N) is 1. The zero-order valence-corrected chi connectivity index (χ0v) is 39.7. The van der Waals surface area contributed by atoms with E-state index in [9.17, 15) is 31.2 Å². The lowest BCUT2D eigenvalue weighted by Gasteiger charge is -2.25. The van der Waals surface area contributed by atoms with Gasteiger partial charge in [0, 0.05) is 28.1 Å². The molecule has 15 nitrogen and oxygen atoms in total. The summed E-state index contributed by atoms with van der Waals surface area (Å²) in [4.78, 5) is 50.8. The molecule has 0 radical (unpaired) electrons. The van der Waals surface area contributed by atoms with Crippen molar-refractivity contribution in [2.24, 2.45) is 10.7 Å². The number of carbonyl (C=O) groups is 3. The normalized spacial score (nSPS) is 13.4. The molecule has 0 spiro atoms. The quantitative estimate of drug-likeness (QED) is 0.0220. The van der Waals surface area contributed by atoms with Crippen molar-refractivity contribution < 1.29 is 36.0 Å². The molecule has 5 rings (SSSR count). The molecule has 5 aromatic rings. The van der Waals surface area contributed by atoms with Gasteiger partial charge in [0.25, 0.3) is 10.0 Å². The van der Waals surface area contributed by atoms with E-state index >= 15 is 0 Å². The molecule has 0 aliphatic carbocycles. The summed E-state index contributed by atoms with van der Waals surface area (Å²) in [5.41, 5.74) is 9.58. The smallest absolute Gasteiger partial charge is 0.264 e. The highest BCUT2D eigenvalue weighted by Crippen LogP contribution is 2.30. The first-order chi connectivity index (χ1) is 30.0. The maximum Gasteiger partial charge on any atom is 0.264 e. The number of guanidine groups is 1. The number of ether oxygens (including phenoxy) is 1. The lowest BCUT2D eigenvalue weighted by molar-refractivity contribution is -0.130. The van der Waals surface area contributed by atoms with Gasteiger partial charge in [-0.1, -0.05) is 72.8 Å². The van der Waals surface area contributed by atoms with Crippen LogP contribution in [0.15, 0.2) is 112 Å². The highest BCUT2D eigenvalue weighted by Gasteiger charge is 2.32. The molecule has 3 atom stereocenters. The van der Waals surface area contributed by atoms with Crippen LogP contribution < -0.4 is 30.5 Å². The molecule has 0 saturated carbocycles.